The molecule has 0 aliphatic heterocycles. The minimum Gasteiger partial charge on any atom is -0.0795 e. The van der Waals surface area contributed by atoms with Crippen LogP contribution in [0, 0.1) is 0 Å². The second kappa shape index (κ2) is 6.67. The molecule has 0 heterocycles. The molecule has 0 saturated heterocycles. The van der Waals surface area contributed by atoms with E-state index >= 15 is 0 Å². The lowest BCUT2D eigenvalue weighted by molar-refractivity contribution is 1.66. The largest absolute Gasteiger partial charge is 0.0795 e. The Morgan fingerprint density at radius 1 is 0.778 bits per heavy atom. The minimum absolute atomic E-state index is 0.855. The molecular weight excluding hydrogens is 236 g/mol. The van der Waals surface area contributed by atoms with Crippen molar-refractivity contribution in [2.24, 2.45) is 0 Å². The predicted molar refractivity (Wildman–Crippen MR) is 82.8 cm³/mol. The Hall–Kier alpha value is -1.99. The molecule has 88 valence electrons. The van der Waals surface area contributed by atoms with Crippen molar-refractivity contribution in [3.63, 3.8) is 0 Å². The summed E-state index contributed by atoms with van der Waals surface area (Å²) in [6, 6.07) is 20.2. The molecule has 0 aromatic heterocycles. The van der Waals surface area contributed by atoms with Gasteiger partial charge in [0.05, 0.1) is 0 Å². The lowest BCUT2D eigenvalue weighted by Gasteiger charge is -1.95. The van der Waals surface area contributed by atoms with Crippen molar-refractivity contribution in [2.75, 3.05) is 0 Å². The van der Waals surface area contributed by atoms with Crippen molar-refractivity contribution in [2.45, 2.75) is 0 Å². The minimum atomic E-state index is 0.855. The summed E-state index contributed by atoms with van der Waals surface area (Å²) in [5, 5.41) is 0. The molecule has 0 bridgehead atoms. The van der Waals surface area contributed by atoms with Crippen LogP contribution in [0.2, 0.25) is 0 Å². The highest BCUT2D eigenvalue weighted by atomic mass is 32.1. The molecule has 0 amide bonds. The molecule has 18 heavy (non-hydrogen) atoms. The fourth-order valence-corrected chi connectivity index (χ4v) is 1.79. The van der Waals surface area contributed by atoms with E-state index < -0.39 is 0 Å². The molecule has 2 aromatic rings. The molecule has 2 rings (SSSR count). The van der Waals surface area contributed by atoms with E-state index in [0.717, 1.165) is 10.4 Å². The molecule has 0 aliphatic rings. The van der Waals surface area contributed by atoms with Crippen LogP contribution < -0.4 is 0 Å². The van der Waals surface area contributed by atoms with E-state index in [2.05, 4.69) is 18.2 Å². The summed E-state index contributed by atoms with van der Waals surface area (Å²) in [5.41, 5.74) is 2.27. The van der Waals surface area contributed by atoms with Crippen molar-refractivity contribution in [1.82, 2.24) is 0 Å². The van der Waals surface area contributed by atoms with Crippen molar-refractivity contribution in [1.29, 1.82) is 0 Å². The second-order valence-corrected chi connectivity index (χ2v) is 4.30. The first-order chi connectivity index (χ1) is 8.86. The molecule has 0 atom stereocenters. The molecule has 0 nitrogen and oxygen atoms in total. The van der Waals surface area contributed by atoms with Gasteiger partial charge in [0, 0.05) is 4.86 Å². The van der Waals surface area contributed by atoms with Gasteiger partial charge in [0.1, 0.15) is 0 Å². The van der Waals surface area contributed by atoms with E-state index in [4.69, 9.17) is 12.2 Å². The fraction of sp³-hybridized carbons (Fsp3) is 0. The Bertz CT molecular complexity index is 551. The molecule has 0 radical (unpaired) electrons. The molecule has 0 fully saturated rings. The summed E-state index contributed by atoms with van der Waals surface area (Å²) < 4.78 is 0. The van der Waals surface area contributed by atoms with Gasteiger partial charge in [-0.1, -0.05) is 91.1 Å². The topological polar surface area (TPSA) is 0 Å². The average molecular weight is 250 g/mol. The van der Waals surface area contributed by atoms with Gasteiger partial charge >= 0.3 is 0 Å². The van der Waals surface area contributed by atoms with Crippen molar-refractivity contribution in [3.05, 3.63) is 90.0 Å². The number of hydrogen-bond donors (Lipinski definition) is 0. The van der Waals surface area contributed by atoms with Gasteiger partial charge in [-0.05, 0) is 17.2 Å². The van der Waals surface area contributed by atoms with Crippen LogP contribution in [-0.4, -0.2) is 4.86 Å². The molecule has 1 heteroatoms. The van der Waals surface area contributed by atoms with Gasteiger partial charge in [0.2, 0.25) is 0 Å². The summed E-state index contributed by atoms with van der Waals surface area (Å²) >= 11 is 5.33. The summed E-state index contributed by atoms with van der Waals surface area (Å²) in [5.74, 6) is 0. The smallest absolute Gasteiger partial charge is 0.0449 e. The van der Waals surface area contributed by atoms with Gasteiger partial charge in [0.15, 0.2) is 0 Å². The molecule has 2 aromatic carbocycles. The van der Waals surface area contributed by atoms with Crippen LogP contribution >= 0.6 is 12.2 Å². The van der Waals surface area contributed by atoms with E-state index in [9.17, 15) is 0 Å². The maximum absolute atomic E-state index is 5.33. The van der Waals surface area contributed by atoms with Crippen molar-refractivity contribution < 1.29 is 0 Å². The van der Waals surface area contributed by atoms with Gasteiger partial charge in [0.25, 0.3) is 0 Å². The summed E-state index contributed by atoms with van der Waals surface area (Å²) in [6.07, 6.45) is 7.99. The van der Waals surface area contributed by atoms with Crippen LogP contribution in [0.4, 0.5) is 0 Å². The second-order valence-electron chi connectivity index (χ2n) is 3.86. The van der Waals surface area contributed by atoms with Gasteiger partial charge < -0.3 is 0 Å². The normalized spacial score (nSPS) is 11.1. The fourth-order valence-electron chi connectivity index (χ4n) is 1.57. The maximum atomic E-state index is 5.33. The van der Waals surface area contributed by atoms with Crippen LogP contribution in [-0.2, 0) is 0 Å². The predicted octanol–water partition coefficient (Wildman–Crippen LogP) is 4.67. The third-order valence-electron chi connectivity index (χ3n) is 2.51. The molecule has 0 N–H and O–H groups in total. The number of thiocarbonyl (C=S) groups is 1. The third-order valence-corrected chi connectivity index (χ3v) is 2.88. The third kappa shape index (κ3) is 3.79. The average Bonchev–Trinajstić information content (AvgIpc) is 2.45. The van der Waals surface area contributed by atoms with E-state index in [1.54, 1.807) is 0 Å². The lowest BCUT2D eigenvalue weighted by Crippen LogP contribution is -1.90. The van der Waals surface area contributed by atoms with Gasteiger partial charge in [-0.3, -0.25) is 0 Å². The summed E-state index contributed by atoms with van der Waals surface area (Å²) in [4.78, 5) is 0.855. The Balaban J connectivity index is 1.96. The standard InChI is InChI=1S/C17H14S/c18-17(16-12-5-2-6-13-16)14-8-7-11-15-9-3-1-4-10-15/h1-14H/b11-7+,14-8+. The van der Waals surface area contributed by atoms with Crippen molar-refractivity contribution in [3.8, 4) is 0 Å². The van der Waals surface area contributed by atoms with Crippen LogP contribution in [0.25, 0.3) is 6.08 Å². The Labute approximate surface area is 113 Å². The monoisotopic (exact) mass is 250 g/mol. The van der Waals surface area contributed by atoms with Gasteiger partial charge in [-0.2, -0.15) is 0 Å². The number of rotatable bonds is 4. The summed E-state index contributed by atoms with van der Waals surface area (Å²) in [6.45, 7) is 0. The number of benzene rings is 2. The van der Waals surface area contributed by atoms with Crippen LogP contribution in [0.3, 0.4) is 0 Å². The Morgan fingerprint density at radius 2 is 1.39 bits per heavy atom. The van der Waals surface area contributed by atoms with E-state index in [1.807, 2.05) is 66.8 Å². The van der Waals surface area contributed by atoms with E-state index in [-0.39, 0.29) is 0 Å². The molecule has 0 aliphatic carbocycles. The van der Waals surface area contributed by atoms with Gasteiger partial charge in [-0.15, -0.1) is 0 Å². The Morgan fingerprint density at radius 3 is 2.06 bits per heavy atom. The highest BCUT2D eigenvalue weighted by Crippen LogP contribution is 2.04. The first kappa shape index (κ1) is 12.5. The zero-order valence-electron chi connectivity index (χ0n) is 9.99. The Kier molecular flexibility index (Phi) is 4.62. The quantitative estimate of drug-likeness (QED) is 0.329. The number of hydrogen-bond acceptors (Lipinski definition) is 1. The van der Waals surface area contributed by atoms with Crippen LogP contribution in [0.5, 0.6) is 0 Å². The molecule has 0 unspecified atom stereocenters. The highest BCUT2D eigenvalue weighted by molar-refractivity contribution is 7.81. The first-order valence-electron chi connectivity index (χ1n) is 5.85. The molecule has 0 spiro atoms. The first-order valence-corrected chi connectivity index (χ1v) is 6.26. The van der Waals surface area contributed by atoms with Crippen LogP contribution in [0.15, 0.2) is 78.9 Å². The zero-order valence-corrected chi connectivity index (χ0v) is 10.8. The van der Waals surface area contributed by atoms with Crippen LogP contribution in [0.1, 0.15) is 11.1 Å². The summed E-state index contributed by atoms with van der Waals surface area (Å²) in [7, 11) is 0. The van der Waals surface area contributed by atoms with E-state index in [1.165, 1.54) is 5.56 Å². The lowest BCUT2D eigenvalue weighted by atomic mass is 10.1. The molecule has 0 saturated carbocycles. The number of allylic oxidation sites excluding steroid dienone is 3. The SMILES string of the molecule is S=C(/C=C/C=C/c1ccccc1)c1ccccc1. The molecular formula is C17H14S. The van der Waals surface area contributed by atoms with Gasteiger partial charge in [-0.25, -0.2) is 0 Å². The highest BCUT2D eigenvalue weighted by Gasteiger charge is 1.93. The van der Waals surface area contributed by atoms with Crippen molar-refractivity contribution >= 4 is 23.2 Å². The maximum Gasteiger partial charge on any atom is 0.0449 e. The zero-order chi connectivity index (χ0) is 12.6. The van der Waals surface area contributed by atoms with E-state index in [0.29, 0.717) is 0 Å².